The van der Waals surface area contributed by atoms with E-state index in [1.54, 1.807) is 28.8 Å². The van der Waals surface area contributed by atoms with Crippen LogP contribution in [0.1, 0.15) is 41.7 Å². The van der Waals surface area contributed by atoms with Crippen molar-refractivity contribution in [2.75, 3.05) is 11.9 Å². The minimum absolute atomic E-state index is 0.205. The van der Waals surface area contributed by atoms with E-state index < -0.39 is 0 Å². The Balaban J connectivity index is 2.22. The Labute approximate surface area is 154 Å². The predicted molar refractivity (Wildman–Crippen MR) is 99.0 cm³/mol. The van der Waals surface area contributed by atoms with Crippen LogP contribution in [0.15, 0.2) is 12.4 Å². The van der Waals surface area contributed by atoms with E-state index in [-0.39, 0.29) is 17.5 Å². The van der Waals surface area contributed by atoms with E-state index in [2.05, 4.69) is 43.4 Å². The molecule has 24 heavy (non-hydrogen) atoms. The summed E-state index contributed by atoms with van der Waals surface area (Å²) in [5, 5.41) is 13.9. The number of aryl methyl sites for hydroxylation is 2. The van der Waals surface area contributed by atoms with Gasteiger partial charge in [0.05, 0.1) is 9.26 Å². The fourth-order valence-corrected chi connectivity index (χ4v) is 2.77. The van der Waals surface area contributed by atoms with E-state index in [4.69, 9.17) is 0 Å². The summed E-state index contributed by atoms with van der Waals surface area (Å²) < 4.78 is 3.92. The Morgan fingerprint density at radius 2 is 1.92 bits per heavy atom. The van der Waals surface area contributed by atoms with Crippen LogP contribution in [0.3, 0.4) is 0 Å². The molecular weight excluding hydrogens is 423 g/mol. The topological polar surface area (TPSA) is 93.8 Å². The number of nitrogens with zero attached hydrogens (tertiary/aromatic N) is 4. The lowest BCUT2D eigenvalue weighted by Gasteiger charge is -2.07. The molecule has 0 radical (unpaired) electrons. The van der Waals surface area contributed by atoms with E-state index in [0.717, 1.165) is 3.57 Å². The summed E-state index contributed by atoms with van der Waals surface area (Å²) in [6, 6.07) is 0. The minimum atomic E-state index is -0.367. The summed E-state index contributed by atoms with van der Waals surface area (Å²) >= 11 is 2.05. The second-order valence-electron chi connectivity index (χ2n) is 5.80. The fraction of sp³-hybridized carbons (Fsp3) is 0.467. The van der Waals surface area contributed by atoms with Crippen molar-refractivity contribution in [2.45, 2.75) is 27.3 Å². The van der Waals surface area contributed by atoms with Crippen molar-refractivity contribution < 1.29 is 9.59 Å². The van der Waals surface area contributed by atoms with E-state index >= 15 is 0 Å². The average molecular weight is 444 g/mol. The first kappa shape index (κ1) is 18.4. The summed E-state index contributed by atoms with van der Waals surface area (Å²) in [6.07, 6.45) is 3.40. The van der Waals surface area contributed by atoms with Gasteiger partial charge in [-0.25, -0.2) is 0 Å². The Morgan fingerprint density at radius 3 is 2.46 bits per heavy atom. The highest BCUT2D eigenvalue weighted by Crippen LogP contribution is 2.17. The molecule has 0 aliphatic carbocycles. The Morgan fingerprint density at radius 1 is 1.21 bits per heavy atom. The summed E-state index contributed by atoms with van der Waals surface area (Å²) in [5.74, 6) is -0.342. The maximum Gasteiger partial charge on any atom is 0.277 e. The van der Waals surface area contributed by atoms with Gasteiger partial charge in [-0.1, -0.05) is 13.8 Å². The number of carbonyl (C=O) groups is 2. The number of anilines is 1. The van der Waals surface area contributed by atoms with Crippen molar-refractivity contribution in [2.24, 2.45) is 13.0 Å². The first-order valence-electron chi connectivity index (χ1n) is 7.68. The normalized spacial score (nSPS) is 10.9. The van der Waals surface area contributed by atoms with Gasteiger partial charge in [0.15, 0.2) is 11.4 Å². The van der Waals surface area contributed by atoms with Crippen LogP contribution in [0.4, 0.5) is 5.69 Å². The smallest absolute Gasteiger partial charge is 0.277 e. The zero-order valence-corrected chi connectivity index (χ0v) is 16.3. The SMILES string of the molecule is CCn1cc(NC(=O)c2nn(C)cc2I)c(C(=O)NCC(C)C)n1. The van der Waals surface area contributed by atoms with Gasteiger partial charge in [0.25, 0.3) is 11.8 Å². The van der Waals surface area contributed by atoms with Crippen molar-refractivity contribution >= 4 is 40.1 Å². The van der Waals surface area contributed by atoms with Crippen LogP contribution in [0.2, 0.25) is 0 Å². The third kappa shape index (κ3) is 4.34. The van der Waals surface area contributed by atoms with Crippen LogP contribution in [0, 0.1) is 9.49 Å². The van der Waals surface area contributed by atoms with E-state index in [1.165, 1.54) is 0 Å². The quantitative estimate of drug-likeness (QED) is 0.666. The van der Waals surface area contributed by atoms with Crippen molar-refractivity contribution in [1.29, 1.82) is 0 Å². The van der Waals surface area contributed by atoms with Crippen molar-refractivity contribution in [1.82, 2.24) is 24.9 Å². The zero-order valence-electron chi connectivity index (χ0n) is 14.1. The number of hydrogen-bond donors (Lipinski definition) is 2. The molecule has 0 atom stereocenters. The maximum absolute atomic E-state index is 12.4. The second-order valence-corrected chi connectivity index (χ2v) is 6.97. The van der Waals surface area contributed by atoms with Gasteiger partial charge in [-0.05, 0) is 35.4 Å². The molecule has 0 unspecified atom stereocenters. The van der Waals surface area contributed by atoms with Crippen molar-refractivity contribution in [3.8, 4) is 0 Å². The van der Waals surface area contributed by atoms with Gasteiger partial charge < -0.3 is 10.6 Å². The molecule has 2 aromatic heterocycles. The molecule has 0 spiro atoms. The Kier molecular flexibility index (Phi) is 5.97. The van der Waals surface area contributed by atoms with E-state index in [1.807, 2.05) is 20.8 Å². The molecule has 2 rings (SSSR count). The number of nitrogens with one attached hydrogen (secondary N) is 2. The van der Waals surface area contributed by atoms with Gasteiger partial charge in [0.1, 0.15) is 0 Å². The largest absolute Gasteiger partial charge is 0.350 e. The fourth-order valence-electron chi connectivity index (χ4n) is 2.02. The van der Waals surface area contributed by atoms with Gasteiger partial charge in [0.2, 0.25) is 0 Å². The highest BCUT2D eigenvalue weighted by Gasteiger charge is 2.21. The lowest BCUT2D eigenvalue weighted by Crippen LogP contribution is -2.29. The van der Waals surface area contributed by atoms with Crippen LogP contribution >= 0.6 is 22.6 Å². The van der Waals surface area contributed by atoms with Gasteiger partial charge in [-0.15, -0.1) is 0 Å². The van der Waals surface area contributed by atoms with Gasteiger partial charge in [-0.3, -0.25) is 19.0 Å². The number of hydrogen-bond acceptors (Lipinski definition) is 4. The molecule has 0 bridgehead atoms. The third-order valence-corrected chi connectivity index (χ3v) is 4.01. The van der Waals surface area contributed by atoms with E-state index in [0.29, 0.717) is 30.4 Å². The summed E-state index contributed by atoms with van der Waals surface area (Å²) in [4.78, 5) is 24.8. The van der Waals surface area contributed by atoms with Gasteiger partial charge in [0, 0.05) is 32.5 Å². The monoisotopic (exact) mass is 444 g/mol. The van der Waals surface area contributed by atoms with Crippen LogP contribution in [0.25, 0.3) is 0 Å². The highest BCUT2D eigenvalue weighted by atomic mass is 127. The summed E-state index contributed by atoms with van der Waals surface area (Å²) in [7, 11) is 1.75. The molecule has 0 saturated heterocycles. The molecule has 0 saturated carbocycles. The molecule has 8 nitrogen and oxygen atoms in total. The number of rotatable bonds is 6. The second kappa shape index (κ2) is 7.77. The lowest BCUT2D eigenvalue weighted by atomic mass is 10.2. The maximum atomic E-state index is 12.4. The lowest BCUT2D eigenvalue weighted by molar-refractivity contribution is 0.0944. The zero-order chi connectivity index (χ0) is 17.9. The first-order valence-corrected chi connectivity index (χ1v) is 8.75. The molecule has 0 aliphatic rings. The van der Waals surface area contributed by atoms with Gasteiger partial charge in [-0.2, -0.15) is 10.2 Å². The van der Waals surface area contributed by atoms with E-state index in [9.17, 15) is 9.59 Å². The Hall–Kier alpha value is -1.91. The number of aromatic nitrogens is 4. The first-order chi connectivity index (χ1) is 11.3. The third-order valence-electron chi connectivity index (χ3n) is 3.22. The molecule has 9 heteroatoms. The van der Waals surface area contributed by atoms with Crippen LogP contribution in [-0.4, -0.2) is 37.9 Å². The molecule has 130 valence electrons. The van der Waals surface area contributed by atoms with Crippen molar-refractivity contribution in [3.63, 3.8) is 0 Å². The Bertz CT molecular complexity index is 749. The number of amides is 2. The molecule has 2 aromatic rings. The minimum Gasteiger partial charge on any atom is -0.350 e. The molecule has 2 amide bonds. The van der Waals surface area contributed by atoms with Gasteiger partial charge >= 0.3 is 0 Å². The average Bonchev–Trinajstić information content (AvgIpc) is 3.07. The standard InChI is InChI=1S/C15H21IN6O2/c1-5-22-8-11(13(20-22)14(23)17-6-9(2)3)18-15(24)12-10(16)7-21(4)19-12/h7-9H,5-6H2,1-4H3,(H,17,23)(H,18,24). The van der Waals surface area contributed by atoms with Crippen LogP contribution < -0.4 is 10.6 Å². The summed E-state index contributed by atoms with van der Waals surface area (Å²) in [6.45, 7) is 7.08. The van der Waals surface area contributed by atoms with Crippen LogP contribution in [0.5, 0.6) is 0 Å². The number of halogens is 1. The van der Waals surface area contributed by atoms with Crippen molar-refractivity contribution in [3.05, 3.63) is 27.4 Å². The molecule has 0 aromatic carbocycles. The molecule has 2 heterocycles. The molecule has 0 aliphatic heterocycles. The molecular formula is C15H21IN6O2. The molecule has 0 fully saturated rings. The highest BCUT2D eigenvalue weighted by molar-refractivity contribution is 14.1. The van der Waals surface area contributed by atoms with Crippen LogP contribution in [-0.2, 0) is 13.6 Å². The predicted octanol–water partition coefficient (Wildman–Crippen LogP) is 1.88. The molecule has 2 N–H and O–H groups in total. The summed E-state index contributed by atoms with van der Waals surface area (Å²) in [5.41, 5.74) is 0.900. The number of carbonyl (C=O) groups excluding carboxylic acids is 2.